The first-order valence-corrected chi connectivity index (χ1v) is 9.60. The SMILES string of the molecule is CS(=O)(=O)c1ccccc1C(=O)N1CCCC2(CCNC2)C1. The highest BCUT2D eigenvalue weighted by Crippen LogP contribution is 2.36. The number of sulfone groups is 1. The molecule has 1 unspecified atom stereocenters. The van der Waals surface area contributed by atoms with E-state index in [9.17, 15) is 13.2 Å². The Morgan fingerprint density at radius 2 is 2.05 bits per heavy atom. The Labute approximate surface area is 131 Å². The van der Waals surface area contributed by atoms with Crippen molar-refractivity contribution in [2.45, 2.75) is 24.2 Å². The highest BCUT2D eigenvalue weighted by molar-refractivity contribution is 7.90. The van der Waals surface area contributed by atoms with E-state index in [1.54, 1.807) is 18.2 Å². The minimum Gasteiger partial charge on any atom is -0.338 e. The maximum Gasteiger partial charge on any atom is 0.255 e. The van der Waals surface area contributed by atoms with E-state index in [1.165, 1.54) is 6.07 Å². The maximum absolute atomic E-state index is 12.8. The molecule has 2 fully saturated rings. The smallest absolute Gasteiger partial charge is 0.255 e. The Morgan fingerprint density at radius 3 is 2.73 bits per heavy atom. The van der Waals surface area contributed by atoms with Crippen LogP contribution in [-0.2, 0) is 9.84 Å². The van der Waals surface area contributed by atoms with Crippen LogP contribution in [0.15, 0.2) is 29.2 Å². The van der Waals surface area contributed by atoms with E-state index in [0.717, 1.165) is 45.2 Å². The summed E-state index contributed by atoms with van der Waals surface area (Å²) in [6.45, 7) is 3.38. The molecule has 2 aliphatic rings. The van der Waals surface area contributed by atoms with Crippen LogP contribution in [-0.4, -0.2) is 51.7 Å². The molecule has 1 aromatic carbocycles. The first-order chi connectivity index (χ1) is 10.4. The molecule has 0 bridgehead atoms. The van der Waals surface area contributed by atoms with Gasteiger partial charge in [-0.1, -0.05) is 12.1 Å². The van der Waals surface area contributed by atoms with Gasteiger partial charge in [-0.3, -0.25) is 4.79 Å². The highest BCUT2D eigenvalue weighted by Gasteiger charge is 2.39. The second kappa shape index (κ2) is 5.66. The lowest BCUT2D eigenvalue weighted by molar-refractivity contribution is 0.0550. The monoisotopic (exact) mass is 322 g/mol. The molecule has 0 radical (unpaired) electrons. The quantitative estimate of drug-likeness (QED) is 0.891. The molecule has 6 heteroatoms. The molecule has 1 N–H and O–H groups in total. The Morgan fingerprint density at radius 1 is 1.27 bits per heavy atom. The van der Waals surface area contributed by atoms with Crippen molar-refractivity contribution in [3.8, 4) is 0 Å². The standard InChI is InChI=1S/C16H22N2O3S/c1-22(20,21)14-6-3-2-5-13(14)15(19)18-10-4-7-16(12-18)8-9-17-11-16/h2-3,5-6,17H,4,7-12H2,1H3. The summed E-state index contributed by atoms with van der Waals surface area (Å²) >= 11 is 0. The molecule has 2 saturated heterocycles. The zero-order chi connectivity index (χ0) is 15.8. The molecule has 1 atom stereocenters. The number of amides is 1. The topological polar surface area (TPSA) is 66.5 Å². The normalized spacial score (nSPS) is 25.6. The minimum atomic E-state index is -3.40. The number of nitrogens with zero attached hydrogens (tertiary/aromatic N) is 1. The van der Waals surface area contributed by atoms with E-state index >= 15 is 0 Å². The molecule has 0 aliphatic carbocycles. The molecule has 3 rings (SSSR count). The third-order valence-electron chi connectivity index (χ3n) is 4.80. The van der Waals surface area contributed by atoms with Crippen LogP contribution in [0.5, 0.6) is 0 Å². The number of hydrogen-bond donors (Lipinski definition) is 1. The van der Waals surface area contributed by atoms with Gasteiger partial charge >= 0.3 is 0 Å². The van der Waals surface area contributed by atoms with Crippen molar-refractivity contribution in [1.29, 1.82) is 0 Å². The van der Waals surface area contributed by atoms with Crippen molar-refractivity contribution in [2.75, 3.05) is 32.4 Å². The third kappa shape index (κ3) is 2.90. The van der Waals surface area contributed by atoms with Gasteiger partial charge in [0.05, 0.1) is 10.5 Å². The fourth-order valence-corrected chi connectivity index (χ4v) is 4.54. The third-order valence-corrected chi connectivity index (χ3v) is 5.95. The van der Waals surface area contributed by atoms with E-state index in [2.05, 4.69) is 5.32 Å². The van der Waals surface area contributed by atoms with Crippen molar-refractivity contribution in [3.05, 3.63) is 29.8 Å². The molecule has 1 aromatic rings. The van der Waals surface area contributed by atoms with Gasteiger partial charge in [0.2, 0.25) is 0 Å². The first kappa shape index (κ1) is 15.5. The summed E-state index contributed by atoms with van der Waals surface area (Å²) in [5, 5.41) is 3.38. The van der Waals surface area contributed by atoms with Gasteiger partial charge in [0.15, 0.2) is 9.84 Å². The summed E-state index contributed by atoms with van der Waals surface area (Å²) in [5.74, 6) is -0.160. The number of carbonyl (C=O) groups excluding carboxylic acids is 1. The first-order valence-electron chi connectivity index (χ1n) is 7.70. The Balaban J connectivity index is 1.88. The van der Waals surface area contributed by atoms with Crippen LogP contribution in [0.4, 0.5) is 0 Å². The van der Waals surface area contributed by atoms with Crippen LogP contribution in [0.3, 0.4) is 0 Å². The van der Waals surface area contributed by atoms with Gasteiger partial charge in [0.25, 0.3) is 5.91 Å². The number of hydrogen-bond acceptors (Lipinski definition) is 4. The predicted octanol–water partition coefficient (Wildman–Crippen LogP) is 1.31. The van der Waals surface area contributed by atoms with Gasteiger partial charge in [-0.2, -0.15) is 0 Å². The summed E-state index contributed by atoms with van der Waals surface area (Å²) in [6, 6.07) is 6.51. The van der Waals surface area contributed by atoms with Gasteiger partial charge in [0, 0.05) is 31.3 Å². The minimum absolute atomic E-state index is 0.129. The van der Waals surface area contributed by atoms with E-state index < -0.39 is 9.84 Å². The second-order valence-corrected chi connectivity index (χ2v) is 8.51. The van der Waals surface area contributed by atoms with Crippen LogP contribution in [0.25, 0.3) is 0 Å². The number of carbonyl (C=O) groups is 1. The zero-order valence-corrected chi connectivity index (χ0v) is 13.7. The average Bonchev–Trinajstić information content (AvgIpc) is 2.93. The highest BCUT2D eigenvalue weighted by atomic mass is 32.2. The molecule has 0 aromatic heterocycles. The molecule has 0 saturated carbocycles. The summed E-state index contributed by atoms with van der Waals surface area (Å²) < 4.78 is 23.8. The lowest BCUT2D eigenvalue weighted by Crippen LogP contribution is -2.47. The maximum atomic E-state index is 12.8. The fourth-order valence-electron chi connectivity index (χ4n) is 3.66. The van der Waals surface area contributed by atoms with Crippen LogP contribution in [0, 0.1) is 5.41 Å². The van der Waals surface area contributed by atoms with E-state index in [-0.39, 0.29) is 16.2 Å². The van der Waals surface area contributed by atoms with E-state index in [4.69, 9.17) is 0 Å². The number of rotatable bonds is 2. The van der Waals surface area contributed by atoms with Crippen LogP contribution in [0.1, 0.15) is 29.6 Å². The molecule has 2 aliphatic heterocycles. The molecule has 120 valence electrons. The van der Waals surface area contributed by atoms with Gasteiger partial charge in [-0.25, -0.2) is 8.42 Å². The Kier molecular flexibility index (Phi) is 3.99. The number of piperidine rings is 1. The Hall–Kier alpha value is -1.40. The van der Waals surface area contributed by atoms with Gasteiger partial charge < -0.3 is 10.2 Å². The summed E-state index contributed by atoms with van der Waals surface area (Å²) in [6.07, 6.45) is 4.36. The fraction of sp³-hybridized carbons (Fsp3) is 0.562. The zero-order valence-electron chi connectivity index (χ0n) is 12.8. The van der Waals surface area contributed by atoms with Gasteiger partial charge in [-0.05, 0) is 37.9 Å². The molecular formula is C16H22N2O3S. The molecule has 2 heterocycles. The number of benzene rings is 1. The molecule has 1 amide bonds. The van der Waals surface area contributed by atoms with Crippen molar-refractivity contribution in [2.24, 2.45) is 5.41 Å². The van der Waals surface area contributed by atoms with Gasteiger partial charge in [0.1, 0.15) is 0 Å². The average molecular weight is 322 g/mol. The van der Waals surface area contributed by atoms with Crippen LogP contribution < -0.4 is 5.32 Å². The Bertz CT molecular complexity index is 678. The largest absolute Gasteiger partial charge is 0.338 e. The van der Waals surface area contributed by atoms with E-state index in [0.29, 0.717) is 12.1 Å². The predicted molar refractivity (Wildman–Crippen MR) is 84.6 cm³/mol. The summed E-state index contributed by atoms with van der Waals surface area (Å²) in [7, 11) is -3.40. The molecule has 5 nitrogen and oxygen atoms in total. The van der Waals surface area contributed by atoms with E-state index in [1.807, 2.05) is 4.90 Å². The van der Waals surface area contributed by atoms with Crippen molar-refractivity contribution >= 4 is 15.7 Å². The lowest BCUT2D eigenvalue weighted by atomic mass is 9.79. The number of likely N-dealkylation sites (tertiary alicyclic amines) is 1. The van der Waals surface area contributed by atoms with Crippen LogP contribution in [0.2, 0.25) is 0 Å². The second-order valence-electron chi connectivity index (χ2n) is 6.53. The number of nitrogens with one attached hydrogen (secondary N) is 1. The molecule has 1 spiro atoms. The lowest BCUT2D eigenvalue weighted by Gasteiger charge is -2.40. The molecule has 22 heavy (non-hydrogen) atoms. The van der Waals surface area contributed by atoms with Crippen LogP contribution >= 0.6 is 0 Å². The summed E-state index contributed by atoms with van der Waals surface area (Å²) in [4.78, 5) is 14.8. The van der Waals surface area contributed by atoms with Gasteiger partial charge in [-0.15, -0.1) is 0 Å². The summed E-state index contributed by atoms with van der Waals surface area (Å²) in [5.41, 5.74) is 0.474. The van der Waals surface area contributed by atoms with Crippen molar-refractivity contribution < 1.29 is 13.2 Å². The van der Waals surface area contributed by atoms with Crippen molar-refractivity contribution in [3.63, 3.8) is 0 Å². The molecular weight excluding hydrogens is 300 g/mol. The van der Waals surface area contributed by atoms with Crippen molar-refractivity contribution in [1.82, 2.24) is 10.2 Å².